The number of amides is 1. The molecule has 0 saturated heterocycles. The summed E-state index contributed by atoms with van der Waals surface area (Å²) in [6.45, 7) is 8.30. The van der Waals surface area contributed by atoms with Crippen LogP contribution in [0.3, 0.4) is 0 Å². The molecule has 1 amide bonds. The second-order valence-corrected chi connectivity index (χ2v) is 5.83. The van der Waals surface area contributed by atoms with E-state index < -0.39 is 6.04 Å². The molecule has 126 valence electrons. The predicted octanol–water partition coefficient (Wildman–Crippen LogP) is 2.52. The molecular formula is C17H25ClN4O. The molecule has 1 heterocycles. The average Bonchev–Trinajstić information content (AvgIpc) is 2.74. The molecule has 0 aliphatic carbocycles. The van der Waals surface area contributed by atoms with Crippen molar-refractivity contribution in [2.45, 2.75) is 40.3 Å². The lowest BCUT2D eigenvalue weighted by molar-refractivity contribution is -0.131. The fourth-order valence-electron chi connectivity index (χ4n) is 2.60. The number of para-hydroxylation sites is 1. The van der Waals surface area contributed by atoms with Crippen molar-refractivity contribution in [3.05, 3.63) is 46.8 Å². The van der Waals surface area contributed by atoms with Crippen molar-refractivity contribution < 1.29 is 4.79 Å². The van der Waals surface area contributed by atoms with Gasteiger partial charge in [-0.05, 0) is 39.3 Å². The maximum Gasteiger partial charge on any atom is 0.239 e. The van der Waals surface area contributed by atoms with E-state index in [2.05, 4.69) is 24.2 Å². The van der Waals surface area contributed by atoms with Crippen LogP contribution in [0.2, 0.25) is 0 Å². The van der Waals surface area contributed by atoms with Crippen LogP contribution in [0.15, 0.2) is 24.3 Å². The monoisotopic (exact) mass is 336 g/mol. The van der Waals surface area contributed by atoms with Gasteiger partial charge in [-0.3, -0.25) is 4.79 Å². The van der Waals surface area contributed by atoms with Crippen LogP contribution in [-0.2, 0) is 11.3 Å². The number of likely N-dealkylation sites (N-methyl/N-ethyl adjacent to an activating group) is 1. The van der Waals surface area contributed by atoms with Gasteiger partial charge in [0.1, 0.15) is 0 Å². The summed E-state index contributed by atoms with van der Waals surface area (Å²) in [5.41, 5.74) is 11.0. The standard InChI is InChI=1S/C17H24N4O.ClH/c1-11-8-6-7-9-16(11)21-14(4)15(13(3)19-21)10-20(5)17(22)12(2)18;/h6-9,12H,10,18H2,1-5H3;1H/t12-;/m0./s1. The van der Waals surface area contributed by atoms with Crippen LogP contribution in [-0.4, -0.2) is 33.7 Å². The van der Waals surface area contributed by atoms with Gasteiger partial charge in [-0.25, -0.2) is 4.68 Å². The topological polar surface area (TPSA) is 64.2 Å². The second kappa shape index (κ2) is 7.62. The van der Waals surface area contributed by atoms with Crippen LogP contribution in [0.4, 0.5) is 0 Å². The Balaban J connectivity index is 0.00000264. The lowest BCUT2D eigenvalue weighted by Crippen LogP contribution is -2.39. The molecule has 0 aliphatic heterocycles. The molecule has 0 radical (unpaired) electrons. The van der Waals surface area contributed by atoms with E-state index >= 15 is 0 Å². The maximum atomic E-state index is 12.0. The fraction of sp³-hybridized carbons (Fsp3) is 0.412. The van der Waals surface area contributed by atoms with Crippen molar-refractivity contribution in [3.8, 4) is 5.69 Å². The summed E-state index contributed by atoms with van der Waals surface area (Å²) in [5, 5.41) is 4.65. The average molecular weight is 337 g/mol. The van der Waals surface area contributed by atoms with Gasteiger partial charge in [0, 0.05) is 24.8 Å². The number of carbonyl (C=O) groups is 1. The minimum atomic E-state index is -0.489. The molecule has 1 aromatic carbocycles. The number of rotatable bonds is 4. The predicted molar refractivity (Wildman–Crippen MR) is 95.1 cm³/mol. The van der Waals surface area contributed by atoms with Gasteiger partial charge in [-0.2, -0.15) is 5.10 Å². The molecule has 0 saturated carbocycles. The number of aryl methyl sites for hydroxylation is 2. The van der Waals surface area contributed by atoms with E-state index in [1.54, 1.807) is 18.9 Å². The fourth-order valence-corrected chi connectivity index (χ4v) is 2.60. The Morgan fingerprint density at radius 3 is 2.48 bits per heavy atom. The summed E-state index contributed by atoms with van der Waals surface area (Å²) in [6, 6.07) is 7.65. The van der Waals surface area contributed by atoms with Gasteiger partial charge in [0.15, 0.2) is 0 Å². The molecule has 2 aromatic rings. The Morgan fingerprint density at radius 1 is 1.30 bits per heavy atom. The lowest BCUT2D eigenvalue weighted by atomic mass is 10.1. The Bertz CT molecular complexity index is 694. The zero-order chi connectivity index (χ0) is 16.4. The number of hydrogen-bond donors (Lipinski definition) is 1. The van der Waals surface area contributed by atoms with Gasteiger partial charge in [-0.15, -0.1) is 12.4 Å². The Labute approximate surface area is 143 Å². The normalized spacial score (nSPS) is 11.7. The lowest BCUT2D eigenvalue weighted by Gasteiger charge is -2.19. The summed E-state index contributed by atoms with van der Waals surface area (Å²) in [4.78, 5) is 13.6. The van der Waals surface area contributed by atoms with Crippen molar-refractivity contribution in [1.29, 1.82) is 0 Å². The summed E-state index contributed by atoms with van der Waals surface area (Å²) in [6.07, 6.45) is 0. The second-order valence-electron chi connectivity index (χ2n) is 5.83. The van der Waals surface area contributed by atoms with Crippen molar-refractivity contribution in [3.63, 3.8) is 0 Å². The smallest absolute Gasteiger partial charge is 0.239 e. The van der Waals surface area contributed by atoms with Gasteiger partial charge in [0.05, 0.1) is 17.4 Å². The number of nitrogens with zero attached hydrogens (tertiary/aromatic N) is 3. The highest BCUT2D eigenvalue weighted by Crippen LogP contribution is 2.21. The van der Waals surface area contributed by atoms with E-state index in [-0.39, 0.29) is 18.3 Å². The number of benzene rings is 1. The molecule has 0 bridgehead atoms. The minimum Gasteiger partial charge on any atom is -0.340 e. The van der Waals surface area contributed by atoms with E-state index in [4.69, 9.17) is 5.73 Å². The van der Waals surface area contributed by atoms with E-state index in [0.29, 0.717) is 6.54 Å². The van der Waals surface area contributed by atoms with Crippen molar-refractivity contribution in [2.75, 3.05) is 7.05 Å². The molecule has 0 fully saturated rings. The van der Waals surface area contributed by atoms with Crippen LogP contribution in [0.5, 0.6) is 0 Å². The molecule has 23 heavy (non-hydrogen) atoms. The quantitative estimate of drug-likeness (QED) is 0.933. The molecular weight excluding hydrogens is 312 g/mol. The third-order valence-corrected chi connectivity index (χ3v) is 3.95. The van der Waals surface area contributed by atoms with E-state index in [1.165, 1.54) is 5.56 Å². The van der Waals surface area contributed by atoms with Crippen LogP contribution in [0.25, 0.3) is 5.69 Å². The van der Waals surface area contributed by atoms with Gasteiger partial charge in [0.2, 0.25) is 5.91 Å². The largest absolute Gasteiger partial charge is 0.340 e. The van der Waals surface area contributed by atoms with Crippen LogP contribution < -0.4 is 5.73 Å². The van der Waals surface area contributed by atoms with Gasteiger partial charge in [0.25, 0.3) is 0 Å². The molecule has 1 aromatic heterocycles. The van der Waals surface area contributed by atoms with Crippen LogP contribution in [0.1, 0.15) is 29.4 Å². The van der Waals surface area contributed by atoms with E-state index in [1.807, 2.05) is 30.7 Å². The molecule has 5 nitrogen and oxygen atoms in total. The Kier molecular flexibility index (Phi) is 6.36. The summed E-state index contributed by atoms with van der Waals surface area (Å²) < 4.78 is 1.95. The molecule has 1 atom stereocenters. The molecule has 0 unspecified atom stereocenters. The third kappa shape index (κ3) is 3.92. The summed E-state index contributed by atoms with van der Waals surface area (Å²) >= 11 is 0. The first kappa shape index (κ1) is 19.2. The summed E-state index contributed by atoms with van der Waals surface area (Å²) in [5.74, 6) is -0.0672. The van der Waals surface area contributed by atoms with Gasteiger partial charge in [-0.1, -0.05) is 18.2 Å². The molecule has 0 spiro atoms. The SMILES string of the molecule is Cc1ccccc1-n1nc(C)c(CN(C)C(=O)[C@H](C)N)c1C.Cl. The zero-order valence-corrected chi connectivity index (χ0v) is 15.1. The number of aromatic nitrogens is 2. The minimum absolute atomic E-state index is 0. The van der Waals surface area contributed by atoms with E-state index in [0.717, 1.165) is 22.6 Å². The first-order valence-corrected chi connectivity index (χ1v) is 7.44. The molecule has 0 aliphatic rings. The van der Waals surface area contributed by atoms with Gasteiger partial charge < -0.3 is 10.6 Å². The Morgan fingerprint density at radius 2 is 1.91 bits per heavy atom. The highest BCUT2D eigenvalue weighted by Gasteiger charge is 2.19. The molecule has 2 N–H and O–H groups in total. The number of hydrogen-bond acceptors (Lipinski definition) is 3. The molecule has 2 rings (SSSR count). The first-order chi connectivity index (χ1) is 10.3. The van der Waals surface area contributed by atoms with Crippen LogP contribution in [0, 0.1) is 20.8 Å². The highest BCUT2D eigenvalue weighted by molar-refractivity contribution is 5.85. The van der Waals surface area contributed by atoms with Crippen molar-refractivity contribution >= 4 is 18.3 Å². The van der Waals surface area contributed by atoms with Crippen molar-refractivity contribution in [1.82, 2.24) is 14.7 Å². The van der Waals surface area contributed by atoms with Gasteiger partial charge >= 0.3 is 0 Å². The van der Waals surface area contributed by atoms with Crippen LogP contribution >= 0.6 is 12.4 Å². The zero-order valence-electron chi connectivity index (χ0n) is 14.3. The summed E-state index contributed by atoms with van der Waals surface area (Å²) in [7, 11) is 1.77. The number of nitrogens with two attached hydrogens (primary N) is 1. The van der Waals surface area contributed by atoms with E-state index in [9.17, 15) is 4.79 Å². The first-order valence-electron chi connectivity index (χ1n) is 7.44. The highest BCUT2D eigenvalue weighted by atomic mass is 35.5. The number of carbonyl (C=O) groups excluding carboxylic acids is 1. The van der Waals surface area contributed by atoms with Crippen molar-refractivity contribution in [2.24, 2.45) is 5.73 Å². The maximum absolute atomic E-state index is 12.0. The molecule has 6 heteroatoms. The Hall–Kier alpha value is -1.85. The number of halogens is 1. The third-order valence-electron chi connectivity index (χ3n) is 3.95.